The Morgan fingerprint density at radius 1 is 1.17 bits per heavy atom. The highest BCUT2D eigenvalue weighted by Gasteiger charge is 2.02. The summed E-state index contributed by atoms with van der Waals surface area (Å²) in [5, 5.41) is 10.8. The zero-order valence-corrected chi connectivity index (χ0v) is 16.6. The lowest BCUT2D eigenvalue weighted by Gasteiger charge is -2.12. The molecule has 0 amide bonds. The van der Waals surface area contributed by atoms with Crippen LogP contribution in [-0.4, -0.2) is 29.3 Å². The van der Waals surface area contributed by atoms with Gasteiger partial charge in [0.2, 0.25) is 0 Å². The van der Waals surface area contributed by atoms with Crippen molar-refractivity contribution in [1.82, 2.24) is 20.4 Å². The minimum absolute atomic E-state index is 0. The van der Waals surface area contributed by atoms with Gasteiger partial charge in [-0.1, -0.05) is 29.3 Å². The third-order valence-electron chi connectivity index (χ3n) is 3.57. The van der Waals surface area contributed by atoms with Crippen molar-refractivity contribution in [2.24, 2.45) is 12.0 Å². The van der Waals surface area contributed by atoms with Gasteiger partial charge in [-0.3, -0.25) is 9.67 Å². The van der Waals surface area contributed by atoms with Crippen LogP contribution in [0, 0.1) is 13.8 Å². The van der Waals surface area contributed by atoms with Gasteiger partial charge in [0.15, 0.2) is 5.96 Å². The van der Waals surface area contributed by atoms with Crippen LogP contribution in [0.5, 0.6) is 0 Å². The van der Waals surface area contributed by atoms with Crippen molar-refractivity contribution in [3.05, 3.63) is 52.8 Å². The monoisotopic (exact) mass is 427 g/mol. The zero-order valence-electron chi connectivity index (χ0n) is 14.3. The van der Waals surface area contributed by atoms with E-state index in [1.54, 1.807) is 13.2 Å². The molecular formula is C17H26IN5. The van der Waals surface area contributed by atoms with Gasteiger partial charge < -0.3 is 10.6 Å². The first kappa shape index (κ1) is 19.5. The Bertz CT molecular complexity index is 628. The van der Waals surface area contributed by atoms with Gasteiger partial charge in [0, 0.05) is 26.8 Å². The smallest absolute Gasteiger partial charge is 0.191 e. The summed E-state index contributed by atoms with van der Waals surface area (Å²) in [6.45, 7) is 5.84. The van der Waals surface area contributed by atoms with Gasteiger partial charge in [-0.25, -0.2) is 0 Å². The third kappa shape index (κ3) is 6.21. The summed E-state index contributed by atoms with van der Waals surface area (Å²) in [5.41, 5.74) is 5.10. The first-order valence-corrected chi connectivity index (χ1v) is 7.57. The van der Waals surface area contributed by atoms with Crippen LogP contribution in [0.3, 0.4) is 0 Å². The van der Waals surface area contributed by atoms with Crippen molar-refractivity contribution < 1.29 is 0 Å². The predicted octanol–water partition coefficient (Wildman–Crippen LogP) is 2.56. The molecule has 23 heavy (non-hydrogen) atoms. The molecule has 2 rings (SSSR count). The van der Waals surface area contributed by atoms with Crippen molar-refractivity contribution in [2.75, 3.05) is 13.6 Å². The van der Waals surface area contributed by atoms with E-state index in [1.807, 2.05) is 17.8 Å². The van der Waals surface area contributed by atoms with Crippen LogP contribution < -0.4 is 10.6 Å². The normalized spacial score (nSPS) is 11.0. The number of guanidine groups is 1. The van der Waals surface area contributed by atoms with Gasteiger partial charge in [-0.2, -0.15) is 5.10 Å². The van der Waals surface area contributed by atoms with Crippen molar-refractivity contribution in [3.8, 4) is 0 Å². The zero-order chi connectivity index (χ0) is 15.9. The minimum atomic E-state index is 0. The van der Waals surface area contributed by atoms with E-state index in [-0.39, 0.29) is 24.0 Å². The van der Waals surface area contributed by atoms with Gasteiger partial charge in [0.05, 0.1) is 12.2 Å². The Morgan fingerprint density at radius 2 is 1.87 bits per heavy atom. The molecule has 5 nitrogen and oxygen atoms in total. The third-order valence-corrected chi connectivity index (χ3v) is 3.57. The fourth-order valence-corrected chi connectivity index (χ4v) is 2.51. The highest BCUT2D eigenvalue weighted by Crippen LogP contribution is 2.08. The average Bonchev–Trinajstić information content (AvgIpc) is 2.87. The summed E-state index contributed by atoms with van der Waals surface area (Å²) in [6, 6.07) is 8.67. The summed E-state index contributed by atoms with van der Waals surface area (Å²) in [5.74, 6) is 0.811. The lowest BCUT2D eigenvalue weighted by Crippen LogP contribution is -2.38. The van der Waals surface area contributed by atoms with Crippen LogP contribution in [0.25, 0.3) is 0 Å². The van der Waals surface area contributed by atoms with Crippen molar-refractivity contribution in [2.45, 2.75) is 26.8 Å². The number of halogens is 1. The molecule has 126 valence electrons. The number of nitrogens with zero attached hydrogens (tertiary/aromatic N) is 3. The molecule has 0 radical (unpaired) electrons. The Morgan fingerprint density at radius 3 is 2.43 bits per heavy atom. The first-order chi connectivity index (χ1) is 10.6. The van der Waals surface area contributed by atoms with Crippen LogP contribution in [0.15, 0.2) is 35.5 Å². The molecule has 1 aromatic heterocycles. The number of aromatic nitrogens is 2. The maximum atomic E-state index is 4.25. The lowest BCUT2D eigenvalue weighted by molar-refractivity contribution is 0.684. The summed E-state index contributed by atoms with van der Waals surface area (Å²) in [7, 11) is 3.72. The number of aryl methyl sites for hydroxylation is 3. The van der Waals surface area contributed by atoms with E-state index in [0.717, 1.165) is 24.6 Å². The number of nitrogens with one attached hydrogen (secondary N) is 2. The Kier molecular flexibility index (Phi) is 8.08. The number of hydrogen-bond donors (Lipinski definition) is 2. The van der Waals surface area contributed by atoms with Gasteiger partial charge in [-0.05, 0) is 31.9 Å². The first-order valence-electron chi connectivity index (χ1n) is 7.57. The van der Waals surface area contributed by atoms with Crippen molar-refractivity contribution >= 4 is 29.9 Å². The topological polar surface area (TPSA) is 54.2 Å². The minimum Gasteiger partial charge on any atom is -0.356 e. The molecule has 0 atom stereocenters. The van der Waals surface area contributed by atoms with Crippen LogP contribution in [0.2, 0.25) is 0 Å². The second-order valence-corrected chi connectivity index (χ2v) is 5.54. The maximum absolute atomic E-state index is 4.25. The molecule has 0 spiro atoms. The van der Waals surface area contributed by atoms with Gasteiger partial charge in [-0.15, -0.1) is 24.0 Å². The fourth-order valence-electron chi connectivity index (χ4n) is 2.51. The summed E-state index contributed by atoms with van der Waals surface area (Å²) in [6.07, 6.45) is 2.78. The van der Waals surface area contributed by atoms with Crippen LogP contribution >= 0.6 is 24.0 Å². The predicted molar refractivity (Wildman–Crippen MR) is 106 cm³/mol. The van der Waals surface area contributed by atoms with Crippen LogP contribution in [0.1, 0.15) is 22.4 Å². The number of benzene rings is 1. The number of aliphatic imine (C=N–C) groups is 1. The van der Waals surface area contributed by atoms with Gasteiger partial charge >= 0.3 is 0 Å². The summed E-state index contributed by atoms with van der Waals surface area (Å²) < 4.78 is 1.86. The molecule has 0 saturated heterocycles. The van der Waals surface area contributed by atoms with E-state index in [0.29, 0.717) is 6.54 Å². The van der Waals surface area contributed by atoms with Crippen molar-refractivity contribution in [3.63, 3.8) is 0 Å². The molecule has 0 aliphatic carbocycles. The molecule has 6 heteroatoms. The van der Waals surface area contributed by atoms with E-state index in [9.17, 15) is 0 Å². The van der Waals surface area contributed by atoms with E-state index >= 15 is 0 Å². The quantitative estimate of drug-likeness (QED) is 0.438. The Balaban J connectivity index is 0.00000264. The second kappa shape index (κ2) is 9.54. The molecule has 0 saturated carbocycles. The van der Waals surface area contributed by atoms with Crippen LogP contribution in [0.4, 0.5) is 0 Å². The van der Waals surface area contributed by atoms with E-state index in [4.69, 9.17) is 0 Å². The molecule has 0 aliphatic heterocycles. The Hall–Kier alpha value is -1.57. The average molecular weight is 427 g/mol. The molecule has 0 bridgehead atoms. The molecule has 0 aliphatic rings. The van der Waals surface area contributed by atoms with Crippen LogP contribution in [-0.2, 0) is 20.0 Å². The molecule has 2 N–H and O–H groups in total. The largest absolute Gasteiger partial charge is 0.356 e. The fraction of sp³-hybridized carbons (Fsp3) is 0.412. The van der Waals surface area contributed by atoms with Crippen molar-refractivity contribution in [1.29, 1.82) is 0 Å². The Labute approximate surface area is 155 Å². The number of rotatable bonds is 5. The molecule has 1 aromatic carbocycles. The molecule has 1 heterocycles. The van der Waals surface area contributed by atoms with E-state index < -0.39 is 0 Å². The van der Waals surface area contributed by atoms with E-state index in [1.165, 1.54) is 16.7 Å². The number of hydrogen-bond acceptors (Lipinski definition) is 2. The molecular weight excluding hydrogens is 401 g/mol. The summed E-state index contributed by atoms with van der Waals surface area (Å²) in [4.78, 5) is 4.25. The second-order valence-electron chi connectivity index (χ2n) is 5.54. The molecule has 0 unspecified atom stereocenters. The van der Waals surface area contributed by atoms with Gasteiger partial charge in [0.1, 0.15) is 0 Å². The lowest BCUT2D eigenvalue weighted by atomic mass is 10.1. The van der Waals surface area contributed by atoms with E-state index in [2.05, 4.69) is 52.8 Å². The highest BCUT2D eigenvalue weighted by atomic mass is 127. The molecule has 0 fully saturated rings. The van der Waals surface area contributed by atoms with Gasteiger partial charge in [0.25, 0.3) is 0 Å². The maximum Gasteiger partial charge on any atom is 0.191 e. The highest BCUT2D eigenvalue weighted by molar-refractivity contribution is 14.0. The standard InChI is InChI=1S/C17H25N5.HI/c1-13-9-14(2)11-15(10-13)5-7-19-17(18-3)20-12-16-6-8-21-22(16)4;/h6,8-11H,5,7,12H2,1-4H3,(H2,18,19,20);1H. The molecule has 2 aromatic rings. The summed E-state index contributed by atoms with van der Waals surface area (Å²) >= 11 is 0. The SMILES string of the molecule is CN=C(NCCc1cc(C)cc(C)c1)NCc1ccnn1C.I.